The van der Waals surface area contributed by atoms with E-state index < -0.39 is 0 Å². The molecular formula is C17H32Cl2O3S2. The van der Waals surface area contributed by atoms with Crippen LogP contribution in [-0.4, -0.2) is 45.9 Å². The summed E-state index contributed by atoms with van der Waals surface area (Å²) in [6.45, 7) is 9.22. The Morgan fingerprint density at radius 3 is 2.21 bits per heavy atom. The summed E-state index contributed by atoms with van der Waals surface area (Å²) < 4.78 is 5.46. The normalized spacial score (nSPS) is 20.8. The molecule has 0 aliphatic carbocycles. The lowest BCUT2D eigenvalue weighted by Crippen LogP contribution is -2.19. The van der Waals surface area contributed by atoms with Gasteiger partial charge in [0.2, 0.25) is 0 Å². The molecular weight excluding hydrogens is 387 g/mol. The number of rotatable bonds is 4. The average molecular weight is 419 g/mol. The summed E-state index contributed by atoms with van der Waals surface area (Å²) in [5, 5.41) is 9.48. The van der Waals surface area contributed by atoms with Crippen molar-refractivity contribution in [1.82, 2.24) is 0 Å². The van der Waals surface area contributed by atoms with Gasteiger partial charge in [0.05, 0.1) is 5.34 Å². The van der Waals surface area contributed by atoms with Crippen molar-refractivity contribution in [3.8, 4) is 0 Å². The molecule has 0 bridgehead atoms. The van der Waals surface area contributed by atoms with Crippen LogP contribution in [0.25, 0.3) is 0 Å². The second-order valence-corrected chi connectivity index (χ2v) is 7.86. The smallest absolute Gasteiger partial charge is 0.142 e. The fourth-order valence-electron chi connectivity index (χ4n) is 1.21. The van der Waals surface area contributed by atoms with Gasteiger partial charge in [0.25, 0.3) is 0 Å². The molecule has 3 atom stereocenters. The summed E-state index contributed by atoms with van der Waals surface area (Å²) >= 11 is 15.4. The highest BCUT2D eigenvalue weighted by molar-refractivity contribution is 8.00. The van der Waals surface area contributed by atoms with E-state index in [0.29, 0.717) is 10.7 Å². The maximum Gasteiger partial charge on any atom is 0.142 e. The van der Waals surface area contributed by atoms with Gasteiger partial charge in [-0.25, -0.2) is 0 Å². The average Bonchev–Trinajstić information content (AvgIpc) is 2.50. The highest BCUT2D eigenvalue weighted by atomic mass is 35.5. The Morgan fingerprint density at radius 2 is 1.96 bits per heavy atom. The Balaban J connectivity index is -0.000000273. The number of aldehydes is 1. The van der Waals surface area contributed by atoms with Gasteiger partial charge in [0.15, 0.2) is 0 Å². The van der Waals surface area contributed by atoms with Gasteiger partial charge in [0.1, 0.15) is 11.7 Å². The minimum Gasteiger partial charge on any atom is -0.396 e. The number of thioether (sulfide) groups is 1. The van der Waals surface area contributed by atoms with E-state index in [-0.39, 0.29) is 11.9 Å². The molecule has 0 radical (unpaired) electrons. The van der Waals surface area contributed by atoms with Crippen LogP contribution >= 0.6 is 47.6 Å². The van der Waals surface area contributed by atoms with E-state index in [9.17, 15) is 4.79 Å². The van der Waals surface area contributed by atoms with E-state index in [0.717, 1.165) is 24.6 Å². The summed E-state index contributed by atoms with van der Waals surface area (Å²) in [5.41, 5.74) is 0.314. The highest BCUT2D eigenvalue weighted by Gasteiger charge is 2.16. The molecule has 1 saturated heterocycles. The first-order chi connectivity index (χ1) is 11.4. The van der Waals surface area contributed by atoms with E-state index in [1.807, 2.05) is 25.6 Å². The molecule has 1 fully saturated rings. The molecule has 3 unspecified atom stereocenters. The fraction of sp³-hybridized carbons (Fsp3) is 0.706. The first-order valence-electron chi connectivity index (χ1n) is 7.80. The lowest BCUT2D eigenvalue weighted by atomic mass is 10.3. The highest BCUT2D eigenvalue weighted by Crippen LogP contribution is 2.27. The molecule has 0 aromatic rings. The van der Waals surface area contributed by atoms with E-state index in [4.69, 9.17) is 33.0 Å². The molecule has 1 heterocycles. The van der Waals surface area contributed by atoms with Gasteiger partial charge in [-0.15, -0.1) is 35.0 Å². The van der Waals surface area contributed by atoms with E-state index in [1.165, 1.54) is 12.5 Å². The van der Waals surface area contributed by atoms with E-state index in [2.05, 4.69) is 31.7 Å². The lowest BCUT2D eigenvalue weighted by Gasteiger charge is -2.24. The second kappa shape index (κ2) is 25.6. The van der Waals surface area contributed by atoms with Gasteiger partial charge >= 0.3 is 0 Å². The molecule has 0 aromatic heterocycles. The predicted octanol–water partition coefficient (Wildman–Crippen LogP) is 5.30. The molecule has 1 rings (SSSR count). The Kier molecular flexibility index (Phi) is 31.1. The zero-order chi connectivity index (χ0) is 19.2. The number of hydrogen-bond donors (Lipinski definition) is 2. The number of carbonyl (C=O) groups excluding carboxylic acids is 1. The summed E-state index contributed by atoms with van der Waals surface area (Å²) in [7, 11) is 0. The Hall–Kier alpha value is 0.350. The fourth-order valence-corrected chi connectivity index (χ4v) is 2.44. The van der Waals surface area contributed by atoms with Gasteiger partial charge in [-0.1, -0.05) is 32.1 Å². The monoisotopic (exact) mass is 418 g/mol. The molecule has 24 heavy (non-hydrogen) atoms. The van der Waals surface area contributed by atoms with Gasteiger partial charge in [-0.2, -0.15) is 12.6 Å². The Bertz CT molecular complexity index is 302. The third-order valence-corrected chi connectivity index (χ3v) is 3.86. The predicted molar refractivity (Wildman–Crippen MR) is 114 cm³/mol. The van der Waals surface area contributed by atoms with Gasteiger partial charge in [-0.3, -0.25) is 4.79 Å². The van der Waals surface area contributed by atoms with Crippen LogP contribution in [0, 0.1) is 0 Å². The van der Waals surface area contributed by atoms with Crippen molar-refractivity contribution < 1.29 is 14.6 Å². The van der Waals surface area contributed by atoms with Crippen LogP contribution in [0.5, 0.6) is 0 Å². The maximum atomic E-state index is 9.32. The van der Waals surface area contributed by atoms with Gasteiger partial charge < -0.3 is 9.84 Å². The number of thiol groups is 1. The minimum absolute atomic E-state index is 0.194. The van der Waals surface area contributed by atoms with E-state index in [1.54, 1.807) is 13.0 Å². The van der Waals surface area contributed by atoms with Crippen LogP contribution < -0.4 is 0 Å². The van der Waals surface area contributed by atoms with E-state index >= 15 is 0 Å². The van der Waals surface area contributed by atoms with Crippen molar-refractivity contribution in [3.63, 3.8) is 0 Å². The van der Waals surface area contributed by atoms with Gasteiger partial charge in [-0.05, 0) is 32.8 Å². The van der Waals surface area contributed by atoms with Crippen LogP contribution in [0.1, 0.15) is 40.5 Å². The van der Waals surface area contributed by atoms with Crippen LogP contribution in [0.3, 0.4) is 0 Å². The summed E-state index contributed by atoms with van der Waals surface area (Å²) in [6.07, 6.45) is 10.0. The molecule has 0 spiro atoms. The SMILES string of the molecule is C/C=C/C1OCCC(C)S1.C/C=C/C=O.CC(S)CCO.ClCCl. The maximum absolute atomic E-state index is 9.32. The number of allylic oxidation sites excluding steroid dienone is 3. The summed E-state index contributed by atoms with van der Waals surface area (Å²) in [6, 6.07) is 0. The third kappa shape index (κ3) is 30.3. The molecule has 1 aliphatic heterocycles. The number of carbonyl (C=O) groups is 1. The van der Waals surface area contributed by atoms with Crippen LogP contribution in [-0.2, 0) is 9.53 Å². The molecule has 3 nitrogen and oxygen atoms in total. The molecule has 1 N–H and O–H groups in total. The summed E-state index contributed by atoms with van der Waals surface area (Å²) in [4.78, 5) is 9.32. The number of aliphatic hydroxyl groups is 1. The first kappa shape index (κ1) is 29.1. The molecule has 0 saturated carbocycles. The van der Waals surface area contributed by atoms with Crippen molar-refractivity contribution in [2.75, 3.05) is 18.6 Å². The summed E-state index contributed by atoms with van der Waals surface area (Å²) in [5.74, 6) is 0. The number of hydrogen-bond acceptors (Lipinski definition) is 5. The topological polar surface area (TPSA) is 46.5 Å². The molecule has 144 valence electrons. The number of halogens is 2. The molecule has 7 heteroatoms. The zero-order valence-corrected chi connectivity index (χ0v) is 18.3. The standard InChI is InChI=1S/C8H14OS.C4H10OS.C4H6O.CH2Cl2/c1-3-4-8-9-6-5-7(2)10-8;1-4(6)2-3-5;1-2-3-4-5;2-1-3/h3-4,7-8H,5-6H2,1-2H3;4-6H,2-3H2,1H3;2-4H,1H3;1H2/b4-3+;;3-2+;. The van der Waals surface area contributed by atoms with Crippen molar-refractivity contribution in [2.24, 2.45) is 0 Å². The number of aliphatic hydroxyl groups excluding tert-OH is 1. The first-order valence-corrected chi connectivity index (χ1v) is 10.3. The lowest BCUT2D eigenvalue weighted by molar-refractivity contribution is -0.104. The third-order valence-electron chi connectivity index (χ3n) is 2.34. The molecule has 1 aliphatic rings. The van der Waals surface area contributed by atoms with Crippen molar-refractivity contribution in [3.05, 3.63) is 24.3 Å². The van der Waals surface area contributed by atoms with Gasteiger partial charge in [0, 0.05) is 23.7 Å². The zero-order valence-electron chi connectivity index (χ0n) is 15.0. The van der Waals surface area contributed by atoms with Crippen molar-refractivity contribution in [2.45, 2.75) is 56.5 Å². The quantitative estimate of drug-likeness (QED) is 0.213. The minimum atomic E-state index is 0.194. The molecule has 0 aromatic carbocycles. The van der Waals surface area contributed by atoms with Crippen LogP contribution in [0.4, 0.5) is 0 Å². The number of alkyl halides is 2. The Labute approximate surface area is 167 Å². The molecule has 0 amide bonds. The largest absolute Gasteiger partial charge is 0.396 e. The Morgan fingerprint density at radius 1 is 1.38 bits per heavy atom. The second-order valence-electron chi connectivity index (χ2n) is 4.62. The van der Waals surface area contributed by atoms with Crippen molar-refractivity contribution in [1.29, 1.82) is 0 Å². The van der Waals surface area contributed by atoms with Crippen LogP contribution in [0.15, 0.2) is 24.3 Å². The van der Waals surface area contributed by atoms with Crippen LogP contribution in [0.2, 0.25) is 0 Å². The number of ether oxygens (including phenoxy) is 1. The van der Waals surface area contributed by atoms with Crippen molar-refractivity contribution >= 4 is 53.9 Å².